The zero-order valence-corrected chi connectivity index (χ0v) is 18.2. The molecule has 0 aromatic heterocycles. The summed E-state index contributed by atoms with van der Waals surface area (Å²) in [6, 6.07) is 0. The van der Waals surface area contributed by atoms with Crippen LogP contribution in [0.2, 0.25) is 0 Å². The minimum atomic E-state index is -6.23. The van der Waals surface area contributed by atoms with Gasteiger partial charge in [0.05, 0.1) is 0 Å². The molecular formula is C19H32F7I. The van der Waals surface area contributed by atoms with E-state index in [0.29, 0.717) is 6.42 Å². The van der Waals surface area contributed by atoms with E-state index in [4.69, 9.17) is 0 Å². The van der Waals surface area contributed by atoms with Gasteiger partial charge < -0.3 is 0 Å². The molecule has 0 aliphatic rings. The maximum atomic E-state index is 13.3. The van der Waals surface area contributed by atoms with Gasteiger partial charge in [-0.1, -0.05) is 107 Å². The average molecular weight is 520 g/mol. The largest absolute Gasteiger partial charge is 0.459 e. The first kappa shape index (κ1) is 27.2. The van der Waals surface area contributed by atoms with Gasteiger partial charge in [-0.3, -0.25) is 0 Å². The molecular weight excluding hydrogens is 488 g/mol. The van der Waals surface area contributed by atoms with Crippen molar-refractivity contribution in [2.45, 2.75) is 119 Å². The quantitative estimate of drug-likeness (QED) is 0.0824. The van der Waals surface area contributed by atoms with Gasteiger partial charge in [-0.15, -0.1) is 0 Å². The van der Waals surface area contributed by atoms with Gasteiger partial charge in [-0.2, -0.15) is 30.7 Å². The Balaban J connectivity index is 3.76. The van der Waals surface area contributed by atoms with Gasteiger partial charge in [0.25, 0.3) is 0 Å². The van der Waals surface area contributed by atoms with Crippen LogP contribution in [0.5, 0.6) is 0 Å². The Bertz CT molecular complexity index is 370. The first-order valence-corrected chi connectivity index (χ1v) is 11.2. The van der Waals surface area contributed by atoms with Crippen LogP contribution in [0, 0.1) is 0 Å². The fraction of sp³-hybridized carbons (Fsp3) is 1.00. The molecule has 0 N–H and O–H groups in total. The van der Waals surface area contributed by atoms with E-state index < -0.39 is 28.4 Å². The van der Waals surface area contributed by atoms with Gasteiger partial charge in [0.1, 0.15) is 0 Å². The van der Waals surface area contributed by atoms with Crippen LogP contribution in [0.15, 0.2) is 0 Å². The number of unbranched alkanes of at least 4 members (excludes halogenated alkanes) is 11. The molecule has 0 spiro atoms. The van der Waals surface area contributed by atoms with E-state index in [1.165, 1.54) is 44.9 Å². The number of hydrogen-bond acceptors (Lipinski definition) is 0. The van der Waals surface area contributed by atoms with E-state index in [1.54, 1.807) is 22.6 Å². The van der Waals surface area contributed by atoms with Crippen LogP contribution in [0.4, 0.5) is 30.7 Å². The van der Waals surface area contributed by atoms with Gasteiger partial charge in [0.2, 0.25) is 0 Å². The van der Waals surface area contributed by atoms with Crippen molar-refractivity contribution in [3.8, 4) is 0 Å². The predicted octanol–water partition coefficient (Wildman–Crippen LogP) is 9.10. The van der Waals surface area contributed by atoms with Crippen LogP contribution < -0.4 is 0 Å². The summed E-state index contributed by atoms with van der Waals surface area (Å²) in [5, 5.41) is 0. The first-order valence-electron chi connectivity index (χ1n) is 9.92. The second-order valence-corrected chi connectivity index (χ2v) is 9.02. The summed E-state index contributed by atoms with van der Waals surface area (Å²) in [4.78, 5) is 0. The van der Waals surface area contributed by atoms with E-state index in [1.807, 2.05) is 0 Å². The predicted molar refractivity (Wildman–Crippen MR) is 104 cm³/mol. The van der Waals surface area contributed by atoms with Crippen LogP contribution in [0.3, 0.4) is 0 Å². The Labute approximate surface area is 172 Å². The molecule has 164 valence electrons. The summed E-state index contributed by atoms with van der Waals surface area (Å²) < 4.78 is 87.8. The van der Waals surface area contributed by atoms with Crippen LogP contribution in [-0.4, -0.2) is 21.9 Å². The molecule has 8 heteroatoms. The zero-order chi connectivity index (χ0) is 21.0. The highest BCUT2D eigenvalue weighted by Crippen LogP contribution is 2.49. The molecule has 0 aromatic rings. The monoisotopic (exact) mass is 520 g/mol. The van der Waals surface area contributed by atoms with Crippen LogP contribution in [0.25, 0.3) is 0 Å². The third-order valence-corrected chi connectivity index (χ3v) is 5.73. The van der Waals surface area contributed by atoms with Crippen molar-refractivity contribution in [1.82, 2.24) is 0 Å². The van der Waals surface area contributed by atoms with Crippen LogP contribution in [0.1, 0.15) is 96.8 Å². The summed E-state index contributed by atoms with van der Waals surface area (Å²) in [5.41, 5.74) is 0. The topological polar surface area (TPSA) is 0 Å². The molecule has 1 unspecified atom stereocenters. The summed E-state index contributed by atoms with van der Waals surface area (Å²) in [6.45, 7) is 2.18. The Kier molecular flexibility index (Phi) is 13.6. The van der Waals surface area contributed by atoms with Crippen LogP contribution >= 0.6 is 22.6 Å². The lowest BCUT2D eigenvalue weighted by Crippen LogP contribution is -2.52. The van der Waals surface area contributed by atoms with Gasteiger partial charge in [-0.25, -0.2) is 0 Å². The number of halogens is 8. The Morgan fingerprint density at radius 1 is 0.630 bits per heavy atom. The highest BCUT2D eigenvalue weighted by Gasteiger charge is 2.72. The van der Waals surface area contributed by atoms with Crippen LogP contribution in [-0.2, 0) is 0 Å². The fourth-order valence-electron chi connectivity index (χ4n) is 2.92. The number of rotatable bonds is 16. The van der Waals surface area contributed by atoms with Gasteiger partial charge in [0, 0.05) is 10.3 Å². The smallest absolute Gasteiger partial charge is 0.199 e. The van der Waals surface area contributed by atoms with Gasteiger partial charge in [0.15, 0.2) is 0 Å². The second kappa shape index (κ2) is 13.5. The van der Waals surface area contributed by atoms with E-state index in [0.717, 1.165) is 25.7 Å². The Hall–Kier alpha value is 0.240. The van der Waals surface area contributed by atoms with Crippen molar-refractivity contribution in [1.29, 1.82) is 0 Å². The highest BCUT2D eigenvalue weighted by atomic mass is 127. The third-order valence-electron chi connectivity index (χ3n) is 4.66. The Morgan fingerprint density at radius 2 is 1.00 bits per heavy atom. The lowest BCUT2D eigenvalue weighted by Gasteiger charge is -2.29. The number of alkyl halides is 8. The molecule has 0 fully saturated rings. The van der Waals surface area contributed by atoms with Crippen molar-refractivity contribution >= 4 is 22.6 Å². The second-order valence-electron chi connectivity index (χ2n) is 7.26. The van der Waals surface area contributed by atoms with Gasteiger partial charge in [-0.05, 0) is 6.42 Å². The molecule has 0 aliphatic heterocycles. The lowest BCUT2D eigenvalue weighted by molar-refractivity contribution is -0.355. The normalized spacial score (nSPS) is 14.6. The molecule has 27 heavy (non-hydrogen) atoms. The van der Waals surface area contributed by atoms with Crippen molar-refractivity contribution in [3.63, 3.8) is 0 Å². The summed E-state index contributed by atoms with van der Waals surface area (Å²) in [5.74, 6) is -11.1. The Morgan fingerprint density at radius 3 is 1.37 bits per heavy atom. The molecule has 1 atom stereocenters. The third kappa shape index (κ3) is 11.1. The molecule has 0 rings (SSSR count). The van der Waals surface area contributed by atoms with E-state index in [-0.39, 0.29) is 6.42 Å². The SMILES string of the molecule is CCCCCCCCCCCCCCC(I)CC(F)(F)C(F)(F)C(F)(F)F. The first-order chi connectivity index (χ1) is 12.5. The molecule has 0 aliphatic carbocycles. The minimum absolute atomic E-state index is 0.224. The molecule has 0 saturated heterocycles. The van der Waals surface area contributed by atoms with Crippen molar-refractivity contribution in [2.24, 2.45) is 0 Å². The average Bonchev–Trinajstić information content (AvgIpc) is 2.54. The van der Waals surface area contributed by atoms with Gasteiger partial charge >= 0.3 is 18.0 Å². The molecule has 0 aromatic carbocycles. The highest BCUT2D eigenvalue weighted by molar-refractivity contribution is 14.1. The molecule has 0 radical (unpaired) electrons. The molecule has 0 nitrogen and oxygen atoms in total. The maximum absolute atomic E-state index is 13.3. The number of hydrogen-bond donors (Lipinski definition) is 0. The molecule has 0 amide bonds. The van der Waals surface area contributed by atoms with Crippen molar-refractivity contribution in [3.05, 3.63) is 0 Å². The standard InChI is InChI=1S/C19H32F7I/c1-2-3-4-5-6-7-8-9-10-11-12-13-14-16(27)15-17(20,21)18(22,23)19(24,25)26/h16H,2-15H2,1H3. The van der Waals surface area contributed by atoms with Crippen molar-refractivity contribution in [2.75, 3.05) is 0 Å². The molecule has 0 saturated carbocycles. The zero-order valence-electron chi connectivity index (χ0n) is 16.0. The molecule has 0 heterocycles. The maximum Gasteiger partial charge on any atom is 0.459 e. The summed E-state index contributed by atoms with van der Waals surface area (Å²) in [6.07, 6.45) is 5.75. The van der Waals surface area contributed by atoms with E-state index in [9.17, 15) is 30.7 Å². The summed E-state index contributed by atoms with van der Waals surface area (Å²) >= 11 is 1.55. The lowest BCUT2D eigenvalue weighted by atomic mass is 10.0. The minimum Gasteiger partial charge on any atom is -0.199 e. The summed E-state index contributed by atoms with van der Waals surface area (Å²) in [7, 11) is 0. The molecule has 0 bridgehead atoms. The van der Waals surface area contributed by atoms with Crippen molar-refractivity contribution < 1.29 is 30.7 Å². The van der Waals surface area contributed by atoms with E-state index >= 15 is 0 Å². The fourth-order valence-corrected chi connectivity index (χ4v) is 3.92. The van der Waals surface area contributed by atoms with E-state index in [2.05, 4.69) is 6.92 Å².